The van der Waals surface area contributed by atoms with Gasteiger partial charge < -0.3 is 19.7 Å². The number of carbonyl (C=O) groups excluding carboxylic acids is 2. The molecule has 0 radical (unpaired) electrons. The van der Waals surface area contributed by atoms with Crippen molar-refractivity contribution in [3.8, 4) is 11.5 Å². The quantitative estimate of drug-likeness (QED) is 0.333. The Morgan fingerprint density at radius 1 is 1.00 bits per heavy atom. The van der Waals surface area contributed by atoms with E-state index in [9.17, 15) is 9.59 Å². The van der Waals surface area contributed by atoms with Crippen molar-refractivity contribution in [1.29, 1.82) is 0 Å². The molecule has 3 aromatic rings. The molecule has 188 valence electrons. The monoisotopic (exact) mass is 506 g/mol. The Balaban J connectivity index is 1.53. The zero-order valence-corrected chi connectivity index (χ0v) is 21.7. The summed E-state index contributed by atoms with van der Waals surface area (Å²) < 4.78 is 10.8. The fraction of sp³-hybridized carbons (Fsp3) is 0.333. The van der Waals surface area contributed by atoms with Gasteiger partial charge in [0, 0.05) is 29.7 Å². The predicted octanol–water partition coefficient (Wildman–Crippen LogP) is 4.67. The molecule has 1 aliphatic rings. The van der Waals surface area contributed by atoms with Crippen molar-refractivity contribution < 1.29 is 19.1 Å². The van der Waals surface area contributed by atoms with Crippen LogP contribution < -0.4 is 14.8 Å². The van der Waals surface area contributed by atoms with Crippen molar-refractivity contribution in [2.45, 2.75) is 51.9 Å². The first kappa shape index (κ1) is 25.5. The molecule has 1 aliphatic heterocycles. The lowest BCUT2D eigenvalue weighted by Crippen LogP contribution is -2.47. The molecule has 2 heterocycles. The summed E-state index contributed by atoms with van der Waals surface area (Å²) in [5, 5.41) is 3.49. The van der Waals surface area contributed by atoms with Crippen LogP contribution in [0, 0.1) is 20.8 Å². The average Bonchev–Trinajstić information content (AvgIpc) is 3.31. The molecule has 2 amide bonds. The smallest absolute Gasteiger partial charge is 0.247 e. The highest BCUT2D eigenvalue weighted by molar-refractivity contribution is 7.99. The molecule has 2 aromatic carbocycles. The molecule has 1 atom stereocenters. The highest BCUT2D eigenvalue weighted by atomic mass is 32.2. The topological polar surface area (TPSA) is 93.7 Å². The van der Waals surface area contributed by atoms with E-state index >= 15 is 0 Å². The van der Waals surface area contributed by atoms with Crippen molar-refractivity contribution in [1.82, 2.24) is 14.9 Å². The van der Waals surface area contributed by atoms with Crippen molar-refractivity contribution >= 4 is 29.3 Å². The Labute approximate surface area is 215 Å². The minimum Gasteiger partial charge on any atom is -0.454 e. The second kappa shape index (κ2) is 11.4. The second-order valence-corrected chi connectivity index (χ2v) is 9.65. The zero-order chi connectivity index (χ0) is 25.7. The molecule has 0 saturated carbocycles. The summed E-state index contributed by atoms with van der Waals surface area (Å²) in [5.41, 5.74) is 4.37. The first-order chi connectivity index (χ1) is 17.3. The number of ether oxygens (including phenoxy) is 2. The van der Waals surface area contributed by atoms with Crippen LogP contribution in [-0.4, -0.2) is 45.3 Å². The number of aryl methyl sites for hydroxylation is 3. The molecule has 1 aromatic heterocycles. The van der Waals surface area contributed by atoms with Crippen LogP contribution in [0.25, 0.3) is 0 Å². The summed E-state index contributed by atoms with van der Waals surface area (Å²) in [7, 11) is 0. The van der Waals surface area contributed by atoms with Gasteiger partial charge in [-0.15, -0.1) is 0 Å². The van der Waals surface area contributed by atoms with E-state index in [2.05, 4.69) is 15.3 Å². The lowest BCUT2D eigenvalue weighted by molar-refractivity contribution is -0.137. The first-order valence-corrected chi connectivity index (χ1v) is 12.8. The average molecular weight is 507 g/mol. The van der Waals surface area contributed by atoms with Gasteiger partial charge in [0.1, 0.15) is 6.04 Å². The summed E-state index contributed by atoms with van der Waals surface area (Å²) in [5.74, 6) is 0.934. The van der Waals surface area contributed by atoms with Gasteiger partial charge in [-0.3, -0.25) is 9.59 Å². The third kappa shape index (κ3) is 6.34. The number of benzene rings is 2. The number of aromatic nitrogens is 2. The minimum atomic E-state index is -0.662. The number of carbonyl (C=O) groups is 2. The van der Waals surface area contributed by atoms with Crippen LogP contribution >= 0.6 is 11.8 Å². The molecule has 1 N–H and O–H groups in total. The van der Waals surface area contributed by atoms with Crippen LogP contribution in [0.4, 0.5) is 5.69 Å². The molecule has 0 spiro atoms. The van der Waals surface area contributed by atoms with Gasteiger partial charge in [0.05, 0.1) is 5.75 Å². The SMILES string of the molecule is CCC(C(=O)Nc1ccc2c(c1)OCO2)N(Cc1ccc(C)cc1)C(=O)CSc1nc(C)cc(C)n1. The maximum Gasteiger partial charge on any atom is 0.247 e. The van der Waals surface area contributed by atoms with Crippen LogP contribution in [-0.2, 0) is 16.1 Å². The molecule has 1 unspecified atom stereocenters. The number of nitrogens with one attached hydrogen (secondary N) is 1. The van der Waals surface area contributed by atoms with Crippen LogP contribution in [0.3, 0.4) is 0 Å². The van der Waals surface area contributed by atoms with E-state index in [0.717, 1.165) is 22.5 Å². The molecular formula is C27H30N4O4S. The number of hydrogen-bond donors (Lipinski definition) is 1. The Morgan fingerprint density at radius 2 is 1.69 bits per heavy atom. The fourth-order valence-corrected chi connectivity index (χ4v) is 4.81. The van der Waals surface area contributed by atoms with Gasteiger partial charge in [0.2, 0.25) is 18.6 Å². The largest absolute Gasteiger partial charge is 0.454 e. The molecule has 9 heteroatoms. The van der Waals surface area contributed by atoms with Gasteiger partial charge in [-0.1, -0.05) is 48.5 Å². The second-order valence-electron chi connectivity index (χ2n) is 8.71. The molecule has 0 fully saturated rings. The normalized spacial score (nSPS) is 12.8. The van der Waals surface area contributed by atoms with Crippen molar-refractivity contribution in [3.63, 3.8) is 0 Å². The van der Waals surface area contributed by atoms with Crippen molar-refractivity contribution in [3.05, 3.63) is 71.0 Å². The summed E-state index contributed by atoms with van der Waals surface area (Å²) in [6.07, 6.45) is 0.457. The number of anilines is 1. The number of hydrogen-bond acceptors (Lipinski definition) is 7. The predicted molar refractivity (Wildman–Crippen MR) is 139 cm³/mol. The lowest BCUT2D eigenvalue weighted by Gasteiger charge is -2.30. The Morgan fingerprint density at radius 3 is 2.39 bits per heavy atom. The van der Waals surface area contributed by atoms with E-state index in [1.165, 1.54) is 11.8 Å². The van der Waals surface area contributed by atoms with E-state index in [1.54, 1.807) is 23.1 Å². The molecule has 36 heavy (non-hydrogen) atoms. The van der Waals surface area contributed by atoms with Gasteiger partial charge in [-0.25, -0.2) is 9.97 Å². The number of rotatable bonds is 9. The fourth-order valence-electron chi connectivity index (χ4n) is 3.98. The van der Waals surface area contributed by atoms with Crippen molar-refractivity contribution in [2.75, 3.05) is 17.9 Å². The first-order valence-electron chi connectivity index (χ1n) is 11.8. The van der Waals surface area contributed by atoms with Gasteiger partial charge in [-0.2, -0.15) is 0 Å². The number of fused-ring (bicyclic) bond motifs is 1. The van der Waals surface area contributed by atoms with Crippen LogP contribution in [0.15, 0.2) is 53.7 Å². The maximum absolute atomic E-state index is 13.5. The van der Waals surface area contributed by atoms with E-state index in [4.69, 9.17) is 9.47 Å². The highest BCUT2D eigenvalue weighted by Gasteiger charge is 2.29. The summed E-state index contributed by atoms with van der Waals surface area (Å²) in [6.45, 7) is 8.20. The molecule has 0 aliphatic carbocycles. The Hall–Kier alpha value is -3.59. The van der Waals surface area contributed by atoms with E-state index in [1.807, 2.05) is 58.0 Å². The molecule has 4 rings (SSSR count). The van der Waals surface area contributed by atoms with Crippen LogP contribution in [0.1, 0.15) is 35.9 Å². The van der Waals surface area contributed by atoms with E-state index in [-0.39, 0.29) is 24.4 Å². The van der Waals surface area contributed by atoms with Gasteiger partial charge >= 0.3 is 0 Å². The third-order valence-corrected chi connectivity index (χ3v) is 6.62. The summed E-state index contributed by atoms with van der Waals surface area (Å²) >= 11 is 1.28. The minimum absolute atomic E-state index is 0.128. The third-order valence-electron chi connectivity index (χ3n) is 5.79. The summed E-state index contributed by atoms with van der Waals surface area (Å²) in [6, 6.07) is 14.5. The maximum atomic E-state index is 13.5. The van der Waals surface area contributed by atoms with Crippen LogP contribution in [0.5, 0.6) is 11.5 Å². The van der Waals surface area contributed by atoms with E-state index < -0.39 is 6.04 Å². The van der Waals surface area contributed by atoms with Crippen molar-refractivity contribution in [2.24, 2.45) is 0 Å². The zero-order valence-electron chi connectivity index (χ0n) is 20.9. The highest BCUT2D eigenvalue weighted by Crippen LogP contribution is 2.34. The van der Waals surface area contributed by atoms with Gasteiger partial charge in [0.15, 0.2) is 16.7 Å². The van der Waals surface area contributed by atoms with E-state index in [0.29, 0.717) is 35.3 Å². The molecule has 0 saturated heterocycles. The Kier molecular flexibility index (Phi) is 8.10. The molecule has 0 bridgehead atoms. The Bertz CT molecular complexity index is 1230. The molecule has 8 nitrogen and oxygen atoms in total. The van der Waals surface area contributed by atoms with Gasteiger partial charge in [-0.05, 0) is 51.0 Å². The number of amides is 2. The molecular weight excluding hydrogens is 476 g/mol. The summed E-state index contributed by atoms with van der Waals surface area (Å²) in [4.78, 5) is 37.4. The lowest BCUT2D eigenvalue weighted by atomic mass is 10.1. The number of thioether (sulfide) groups is 1. The van der Waals surface area contributed by atoms with Gasteiger partial charge in [0.25, 0.3) is 0 Å². The standard InChI is InChI=1S/C27H30N4O4S/c1-5-22(26(33)30-21-10-11-23-24(13-21)35-16-34-23)31(14-20-8-6-17(2)7-9-20)25(32)15-36-27-28-18(3)12-19(4)29-27/h6-13,22H,5,14-16H2,1-4H3,(H,30,33). The van der Waals surface area contributed by atoms with Crippen LogP contribution in [0.2, 0.25) is 0 Å². The number of nitrogens with zero attached hydrogens (tertiary/aromatic N) is 3.